The molecule has 0 spiro atoms. The Bertz CT molecular complexity index is 334. The molecule has 0 bridgehead atoms. The Morgan fingerprint density at radius 3 is 2.86 bits per heavy atom. The minimum atomic E-state index is 0.593. The number of nitrogens with zero attached hydrogens (tertiary/aromatic N) is 3. The molecule has 3 heteroatoms. The first-order valence-electron chi connectivity index (χ1n) is 4.80. The van der Waals surface area contributed by atoms with Gasteiger partial charge in [-0.3, -0.25) is 4.99 Å². The highest BCUT2D eigenvalue weighted by Gasteiger charge is 2.00. The molecule has 0 saturated heterocycles. The maximum Gasteiger partial charge on any atom is 0.109 e. The highest BCUT2D eigenvalue weighted by atomic mass is 15.0. The summed E-state index contributed by atoms with van der Waals surface area (Å²) in [6.07, 6.45) is 6.62. The Hall–Kier alpha value is -1.38. The standard InChI is InChI=1S/C11H17N3/c1-9(2)7-11(12-4)8-14-6-5-13-10(14)3/h5-6,8-9H,4,7H2,1-3H3/b11-8+. The fourth-order valence-electron chi connectivity index (χ4n) is 1.26. The van der Waals surface area contributed by atoms with E-state index >= 15 is 0 Å². The van der Waals surface area contributed by atoms with Crippen LogP contribution in [0.1, 0.15) is 26.1 Å². The highest BCUT2D eigenvalue weighted by Crippen LogP contribution is 2.13. The average Bonchev–Trinajstić information content (AvgIpc) is 2.50. The van der Waals surface area contributed by atoms with Crippen LogP contribution < -0.4 is 0 Å². The summed E-state index contributed by atoms with van der Waals surface area (Å²) in [6, 6.07) is 0. The van der Waals surface area contributed by atoms with Gasteiger partial charge < -0.3 is 4.57 Å². The third kappa shape index (κ3) is 2.83. The molecule has 0 aliphatic rings. The van der Waals surface area contributed by atoms with Crippen LogP contribution in [-0.4, -0.2) is 16.3 Å². The van der Waals surface area contributed by atoms with E-state index < -0.39 is 0 Å². The predicted octanol–water partition coefficient (Wildman–Crippen LogP) is 2.74. The monoisotopic (exact) mass is 191 g/mol. The first-order valence-corrected chi connectivity index (χ1v) is 4.80. The number of aryl methyl sites for hydroxylation is 1. The summed E-state index contributed by atoms with van der Waals surface area (Å²) in [5.74, 6) is 1.56. The summed E-state index contributed by atoms with van der Waals surface area (Å²) in [7, 11) is 0. The van der Waals surface area contributed by atoms with Crippen molar-refractivity contribution >= 4 is 12.9 Å². The van der Waals surface area contributed by atoms with E-state index in [4.69, 9.17) is 0 Å². The molecule has 76 valence electrons. The van der Waals surface area contributed by atoms with Crippen LogP contribution in [0.4, 0.5) is 0 Å². The first kappa shape index (κ1) is 10.7. The smallest absolute Gasteiger partial charge is 0.109 e. The van der Waals surface area contributed by atoms with Crippen molar-refractivity contribution in [2.75, 3.05) is 0 Å². The van der Waals surface area contributed by atoms with E-state index in [1.54, 1.807) is 6.20 Å². The van der Waals surface area contributed by atoms with Crippen molar-refractivity contribution in [3.8, 4) is 0 Å². The lowest BCUT2D eigenvalue weighted by molar-refractivity contribution is 0.640. The lowest BCUT2D eigenvalue weighted by Gasteiger charge is -2.05. The van der Waals surface area contributed by atoms with Crippen molar-refractivity contribution in [2.24, 2.45) is 10.9 Å². The lowest BCUT2D eigenvalue weighted by atomic mass is 10.1. The molecule has 0 aliphatic heterocycles. The van der Waals surface area contributed by atoms with Crippen LogP contribution >= 0.6 is 0 Å². The van der Waals surface area contributed by atoms with Crippen molar-refractivity contribution < 1.29 is 0 Å². The van der Waals surface area contributed by atoms with Gasteiger partial charge in [0, 0.05) is 18.6 Å². The second-order valence-corrected chi connectivity index (χ2v) is 3.76. The van der Waals surface area contributed by atoms with Gasteiger partial charge in [0.25, 0.3) is 0 Å². The first-order chi connectivity index (χ1) is 6.63. The van der Waals surface area contributed by atoms with E-state index in [1.807, 2.05) is 23.9 Å². The highest BCUT2D eigenvalue weighted by molar-refractivity contribution is 5.38. The Morgan fingerprint density at radius 1 is 1.71 bits per heavy atom. The van der Waals surface area contributed by atoms with Crippen molar-refractivity contribution in [1.29, 1.82) is 0 Å². The number of hydrogen-bond donors (Lipinski definition) is 0. The Morgan fingerprint density at radius 2 is 2.43 bits per heavy atom. The maximum atomic E-state index is 4.14. The van der Waals surface area contributed by atoms with Crippen LogP contribution in [0.3, 0.4) is 0 Å². The molecule has 0 unspecified atom stereocenters. The van der Waals surface area contributed by atoms with Crippen LogP contribution in [-0.2, 0) is 0 Å². The van der Waals surface area contributed by atoms with Crippen LogP contribution in [0.2, 0.25) is 0 Å². The summed E-state index contributed by atoms with van der Waals surface area (Å²) in [4.78, 5) is 8.15. The van der Waals surface area contributed by atoms with E-state index in [2.05, 4.69) is 30.5 Å². The summed E-state index contributed by atoms with van der Waals surface area (Å²) >= 11 is 0. The van der Waals surface area contributed by atoms with Gasteiger partial charge in [-0.15, -0.1) is 0 Å². The molecule has 1 aromatic rings. The topological polar surface area (TPSA) is 30.2 Å². The van der Waals surface area contributed by atoms with Crippen molar-refractivity contribution in [1.82, 2.24) is 9.55 Å². The van der Waals surface area contributed by atoms with Gasteiger partial charge in [0.05, 0.1) is 5.70 Å². The number of imidazole rings is 1. The molecule has 0 N–H and O–H groups in total. The molecule has 0 radical (unpaired) electrons. The Labute approximate surface area is 85.2 Å². The molecule has 3 nitrogen and oxygen atoms in total. The summed E-state index contributed by atoms with van der Waals surface area (Å²) in [5.41, 5.74) is 1.00. The molecule has 1 heterocycles. The summed E-state index contributed by atoms with van der Waals surface area (Å²) < 4.78 is 1.96. The fraction of sp³-hybridized carbons (Fsp3) is 0.455. The molecular formula is C11H17N3. The second kappa shape index (κ2) is 4.74. The number of aromatic nitrogens is 2. The number of rotatable bonds is 4. The third-order valence-electron chi connectivity index (χ3n) is 1.97. The number of aliphatic imine (C=N–C) groups is 1. The largest absolute Gasteiger partial charge is 0.309 e. The van der Waals surface area contributed by atoms with E-state index in [9.17, 15) is 0 Å². The summed E-state index contributed by atoms with van der Waals surface area (Å²) in [5, 5.41) is 0. The van der Waals surface area contributed by atoms with Crippen molar-refractivity contribution in [3.63, 3.8) is 0 Å². The van der Waals surface area contributed by atoms with Gasteiger partial charge in [0.15, 0.2) is 0 Å². The number of allylic oxidation sites excluding steroid dienone is 1. The van der Waals surface area contributed by atoms with Gasteiger partial charge in [0.1, 0.15) is 5.82 Å². The Kier molecular flexibility index (Phi) is 3.63. The zero-order chi connectivity index (χ0) is 10.6. The SMILES string of the molecule is C=N/C(=C/n1ccnc1C)CC(C)C. The lowest BCUT2D eigenvalue weighted by Crippen LogP contribution is -1.94. The summed E-state index contributed by atoms with van der Waals surface area (Å²) in [6.45, 7) is 9.87. The zero-order valence-electron chi connectivity index (χ0n) is 9.07. The second-order valence-electron chi connectivity index (χ2n) is 3.76. The van der Waals surface area contributed by atoms with Gasteiger partial charge >= 0.3 is 0 Å². The molecular weight excluding hydrogens is 174 g/mol. The van der Waals surface area contributed by atoms with E-state index in [-0.39, 0.29) is 0 Å². The van der Waals surface area contributed by atoms with E-state index in [1.165, 1.54) is 0 Å². The normalized spacial score (nSPS) is 12.1. The molecule has 0 atom stereocenters. The molecule has 0 amide bonds. The fourth-order valence-corrected chi connectivity index (χ4v) is 1.26. The van der Waals surface area contributed by atoms with Gasteiger partial charge in [0.2, 0.25) is 0 Å². The van der Waals surface area contributed by atoms with E-state index in [0.717, 1.165) is 17.9 Å². The van der Waals surface area contributed by atoms with Gasteiger partial charge in [-0.1, -0.05) is 13.8 Å². The molecule has 0 saturated carbocycles. The van der Waals surface area contributed by atoms with E-state index in [0.29, 0.717) is 5.92 Å². The quantitative estimate of drug-likeness (QED) is 0.673. The average molecular weight is 191 g/mol. The zero-order valence-corrected chi connectivity index (χ0v) is 9.07. The van der Waals surface area contributed by atoms with Gasteiger partial charge in [-0.2, -0.15) is 0 Å². The van der Waals surface area contributed by atoms with Crippen LogP contribution in [0, 0.1) is 12.8 Å². The Balaban J connectivity index is 2.83. The predicted molar refractivity (Wildman–Crippen MR) is 60.2 cm³/mol. The van der Waals surface area contributed by atoms with Crippen molar-refractivity contribution in [3.05, 3.63) is 23.9 Å². The minimum absolute atomic E-state index is 0.593. The van der Waals surface area contributed by atoms with Crippen LogP contribution in [0.25, 0.3) is 6.20 Å². The molecule has 1 aromatic heterocycles. The molecule has 1 rings (SSSR count). The minimum Gasteiger partial charge on any atom is -0.309 e. The third-order valence-corrected chi connectivity index (χ3v) is 1.97. The molecule has 14 heavy (non-hydrogen) atoms. The number of hydrogen-bond acceptors (Lipinski definition) is 2. The molecule has 0 aliphatic carbocycles. The van der Waals surface area contributed by atoms with Crippen LogP contribution in [0.5, 0.6) is 0 Å². The van der Waals surface area contributed by atoms with Crippen LogP contribution in [0.15, 0.2) is 23.1 Å². The van der Waals surface area contributed by atoms with Gasteiger partial charge in [-0.05, 0) is 26.0 Å². The van der Waals surface area contributed by atoms with Crippen molar-refractivity contribution in [2.45, 2.75) is 27.2 Å². The molecule has 0 aromatic carbocycles. The maximum absolute atomic E-state index is 4.14. The molecule has 0 fully saturated rings. The van der Waals surface area contributed by atoms with Gasteiger partial charge in [-0.25, -0.2) is 4.98 Å².